The number of thiophene rings is 1. The summed E-state index contributed by atoms with van der Waals surface area (Å²) in [6.07, 6.45) is 0. The molecule has 0 saturated carbocycles. The molecule has 3 aromatic rings. The van der Waals surface area contributed by atoms with E-state index in [1.165, 1.54) is 0 Å². The van der Waals surface area contributed by atoms with E-state index in [1.54, 1.807) is 25.6 Å². The first-order valence-corrected chi connectivity index (χ1v) is 10.4. The van der Waals surface area contributed by atoms with Crippen LogP contribution in [-0.2, 0) is 11.3 Å². The summed E-state index contributed by atoms with van der Waals surface area (Å²) < 4.78 is 10.9. The zero-order valence-corrected chi connectivity index (χ0v) is 17.8. The molecule has 2 atom stereocenters. The van der Waals surface area contributed by atoms with Crippen molar-refractivity contribution in [1.29, 1.82) is 0 Å². The number of rotatable bonds is 9. The molecule has 1 heterocycles. The lowest BCUT2D eigenvalue weighted by molar-refractivity contribution is -0.885. The first-order chi connectivity index (χ1) is 14.1. The average Bonchev–Trinajstić information content (AvgIpc) is 3.26. The Morgan fingerprint density at radius 3 is 2.48 bits per heavy atom. The fraction of sp³-hybridized carbons (Fsp3) is 0.261. The maximum atomic E-state index is 12.8. The van der Waals surface area contributed by atoms with Crippen LogP contribution in [0.5, 0.6) is 11.5 Å². The molecule has 0 bridgehead atoms. The Balaban J connectivity index is 1.68. The van der Waals surface area contributed by atoms with Crippen LogP contribution in [0.3, 0.4) is 0 Å². The number of nitrogens with one attached hydrogen (secondary N) is 2. The van der Waals surface area contributed by atoms with E-state index in [9.17, 15) is 4.79 Å². The highest BCUT2D eigenvalue weighted by Crippen LogP contribution is 2.30. The molecule has 2 N–H and O–H groups in total. The molecule has 0 spiro atoms. The molecule has 1 aromatic heterocycles. The van der Waals surface area contributed by atoms with Crippen molar-refractivity contribution in [1.82, 2.24) is 5.32 Å². The molecule has 0 saturated heterocycles. The number of hydrogen-bond donors (Lipinski definition) is 2. The van der Waals surface area contributed by atoms with Crippen LogP contribution in [0.4, 0.5) is 0 Å². The first-order valence-electron chi connectivity index (χ1n) is 9.51. The van der Waals surface area contributed by atoms with Crippen LogP contribution in [-0.4, -0.2) is 33.7 Å². The van der Waals surface area contributed by atoms with Crippen LogP contribution in [0.25, 0.3) is 0 Å². The van der Waals surface area contributed by atoms with Gasteiger partial charge in [-0.05, 0) is 29.1 Å². The van der Waals surface area contributed by atoms with Crippen molar-refractivity contribution in [2.75, 3.05) is 27.8 Å². The minimum absolute atomic E-state index is 0.00613. The maximum absolute atomic E-state index is 12.8. The van der Waals surface area contributed by atoms with E-state index in [-0.39, 0.29) is 11.9 Å². The fourth-order valence-electron chi connectivity index (χ4n) is 3.39. The first kappa shape index (κ1) is 20.9. The Hall–Kier alpha value is -2.83. The topological polar surface area (TPSA) is 52.0 Å². The number of quaternary nitrogens is 1. The van der Waals surface area contributed by atoms with Crippen molar-refractivity contribution in [3.05, 3.63) is 82.0 Å². The van der Waals surface area contributed by atoms with Crippen molar-refractivity contribution in [2.45, 2.75) is 12.6 Å². The summed E-state index contributed by atoms with van der Waals surface area (Å²) in [4.78, 5) is 15.0. The molecule has 0 aliphatic rings. The van der Waals surface area contributed by atoms with Gasteiger partial charge in [0, 0.05) is 4.88 Å². The van der Waals surface area contributed by atoms with Gasteiger partial charge in [-0.25, -0.2) is 0 Å². The highest BCUT2D eigenvalue weighted by atomic mass is 32.1. The summed E-state index contributed by atoms with van der Waals surface area (Å²) in [5, 5.41) is 5.23. The minimum atomic E-state index is -0.136. The normalized spacial score (nSPS) is 12.8. The molecule has 0 aliphatic heterocycles. The number of benzene rings is 2. The summed E-state index contributed by atoms with van der Waals surface area (Å²) >= 11 is 1.65. The molecule has 0 radical (unpaired) electrons. The second-order valence-corrected chi connectivity index (χ2v) is 7.87. The number of ether oxygens (including phenoxy) is 2. The average molecular weight is 412 g/mol. The quantitative estimate of drug-likeness (QED) is 0.569. The van der Waals surface area contributed by atoms with E-state index in [0.717, 1.165) is 26.7 Å². The van der Waals surface area contributed by atoms with Gasteiger partial charge in [0.25, 0.3) is 5.91 Å². The van der Waals surface area contributed by atoms with Crippen molar-refractivity contribution < 1.29 is 19.2 Å². The molecule has 0 aliphatic carbocycles. The molecule has 6 heteroatoms. The van der Waals surface area contributed by atoms with Crippen LogP contribution in [0.1, 0.15) is 22.0 Å². The summed E-state index contributed by atoms with van der Waals surface area (Å²) in [5.41, 5.74) is 2.09. The third kappa shape index (κ3) is 5.37. The summed E-state index contributed by atoms with van der Waals surface area (Å²) in [6.45, 7) is 1.01. The number of likely N-dealkylation sites (N-methyl/N-ethyl adjacent to an activating group) is 1. The van der Waals surface area contributed by atoms with Gasteiger partial charge in [0.2, 0.25) is 0 Å². The van der Waals surface area contributed by atoms with E-state index in [4.69, 9.17) is 9.47 Å². The van der Waals surface area contributed by atoms with Crippen LogP contribution in [0, 0.1) is 0 Å². The van der Waals surface area contributed by atoms with Crippen LogP contribution < -0.4 is 19.7 Å². The molecule has 2 aromatic carbocycles. The zero-order chi connectivity index (χ0) is 20.6. The Labute approximate surface area is 175 Å². The van der Waals surface area contributed by atoms with Gasteiger partial charge >= 0.3 is 0 Å². The van der Waals surface area contributed by atoms with Crippen LogP contribution in [0.15, 0.2) is 66.0 Å². The Morgan fingerprint density at radius 1 is 1.03 bits per heavy atom. The lowest BCUT2D eigenvalue weighted by atomic mass is 10.1. The third-order valence-electron chi connectivity index (χ3n) is 4.70. The predicted octanol–water partition coefficient (Wildman–Crippen LogP) is 2.69. The molecule has 0 fully saturated rings. The Bertz CT molecular complexity index is 913. The van der Waals surface area contributed by atoms with Gasteiger partial charge in [-0.3, -0.25) is 4.79 Å². The molecular formula is C23H27N2O3S+. The molecule has 3 rings (SSSR count). The number of hydrogen-bond acceptors (Lipinski definition) is 4. The zero-order valence-electron chi connectivity index (χ0n) is 17.0. The van der Waals surface area contributed by atoms with E-state index >= 15 is 0 Å². The number of para-hydroxylation sites is 1. The van der Waals surface area contributed by atoms with Crippen molar-refractivity contribution in [3.63, 3.8) is 0 Å². The smallest absolute Gasteiger partial charge is 0.275 e. The van der Waals surface area contributed by atoms with Gasteiger partial charge in [-0.2, -0.15) is 0 Å². The number of amides is 1. The fourth-order valence-corrected chi connectivity index (χ4v) is 4.19. The molecule has 1 amide bonds. The van der Waals surface area contributed by atoms with Gasteiger partial charge < -0.3 is 19.7 Å². The van der Waals surface area contributed by atoms with Crippen molar-refractivity contribution in [3.8, 4) is 11.5 Å². The van der Waals surface area contributed by atoms with Gasteiger partial charge in [0.1, 0.15) is 6.54 Å². The largest absolute Gasteiger partial charge is 0.493 e. The Morgan fingerprint density at radius 2 is 1.83 bits per heavy atom. The van der Waals surface area contributed by atoms with E-state index in [0.29, 0.717) is 18.8 Å². The van der Waals surface area contributed by atoms with E-state index in [2.05, 4.69) is 11.4 Å². The predicted molar refractivity (Wildman–Crippen MR) is 116 cm³/mol. The minimum Gasteiger partial charge on any atom is -0.493 e. The highest BCUT2D eigenvalue weighted by Gasteiger charge is 2.21. The monoisotopic (exact) mass is 411 g/mol. The molecule has 152 valence electrons. The summed E-state index contributed by atoms with van der Waals surface area (Å²) in [5.74, 6) is 1.42. The lowest BCUT2D eigenvalue weighted by Gasteiger charge is -2.20. The van der Waals surface area contributed by atoms with Crippen molar-refractivity contribution in [2.24, 2.45) is 0 Å². The van der Waals surface area contributed by atoms with E-state index < -0.39 is 0 Å². The van der Waals surface area contributed by atoms with Crippen LogP contribution in [0.2, 0.25) is 0 Å². The third-order valence-corrected chi connectivity index (χ3v) is 5.64. The van der Waals surface area contributed by atoms with Crippen LogP contribution >= 0.6 is 11.3 Å². The van der Waals surface area contributed by atoms with Gasteiger partial charge in [0.15, 0.2) is 18.0 Å². The molecule has 29 heavy (non-hydrogen) atoms. The van der Waals surface area contributed by atoms with Gasteiger partial charge in [0.05, 0.1) is 32.9 Å². The number of carbonyl (C=O) groups excluding carboxylic acids is 1. The van der Waals surface area contributed by atoms with Gasteiger partial charge in [-0.1, -0.05) is 42.5 Å². The summed E-state index contributed by atoms with van der Waals surface area (Å²) in [7, 11) is 5.26. The Kier molecular flexibility index (Phi) is 7.27. The molecule has 1 unspecified atom stereocenters. The van der Waals surface area contributed by atoms with Crippen molar-refractivity contribution >= 4 is 17.2 Å². The molecule has 5 nitrogen and oxygen atoms in total. The standard InChI is InChI=1S/C23H26N2O3S/c1-25(15-18-11-7-12-19(27-2)23(18)28-3)16-21(26)24-22(20-13-8-14-29-20)17-9-5-4-6-10-17/h4-14,22H,15-16H2,1-3H3,(H,24,26)/p+1/t22-/m0/s1. The summed E-state index contributed by atoms with van der Waals surface area (Å²) in [6, 6.07) is 19.8. The number of methoxy groups -OCH3 is 2. The SMILES string of the molecule is COc1cccc(C[NH+](C)CC(=O)N[C@@H](c2ccccc2)c2cccs2)c1OC. The second kappa shape index (κ2) is 10.1. The maximum Gasteiger partial charge on any atom is 0.275 e. The number of carbonyl (C=O) groups is 1. The second-order valence-electron chi connectivity index (χ2n) is 6.89. The highest BCUT2D eigenvalue weighted by molar-refractivity contribution is 7.10. The van der Waals surface area contributed by atoms with Gasteiger partial charge in [-0.15, -0.1) is 11.3 Å². The molecular weight excluding hydrogens is 384 g/mol. The lowest BCUT2D eigenvalue weighted by Crippen LogP contribution is -3.08. The van der Waals surface area contributed by atoms with E-state index in [1.807, 2.05) is 67.0 Å².